The van der Waals surface area contributed by atoms with Crippen molar-refractivity contribution in [2.45, 2.75) is 45.1 Å². The van der Waals surface area contributed by atoms with Crippen LogP contribution in [-0.4, -0.2) is 36.9 Å². The minimum absolute atomic E-state index is 0.229. The molecule has 94 valence electrons. The predicted molar refractivity (Wildman–Crippen MR) is 62.5 cm³/mol. The van der Waals surface area contributed by atoms with E-state index in [1.165, 1.54) is 0 Å². The largest absolute Gasteiger partial charge is 0.481 e. The van der Waals surface area contributed by atoms with Gasteiger partial charge >= 0.3 is 5.97 Å². The highest BCUT2D eigenvalue weighted by Gasteiger charge is 2.40. The van der Waals surface area contributed by atoms with E-state index in [2.05, 4.69) is 5.32 Å². The summed E-state index contributed by atoms with van der Waals surface area (Å²) in [6.45, 7) is 5.62. The molecule has 0 atom stereocenters. The SMILES string of the molecule is COC(C)(C)CCC1(C(=O)O)CCNCC1. The van der Waals surface area contributed by atoms with Crippen molar-refractivity contribution in [3.05, 3.63) is 0 Å². The molecule has 0 aliphatic carbocycles. The standard InChI is InChI=1S/C12H23NO3/c1-11(2,16-3)4-5-12(10(14)15)6-8-13-9-7-12/h13H,4-9H2,1-3H3,(H,14,15). The fraction of sp³-hybridized carbons (Fsp3) is 0.917. The van der Waals surface area contributed by atoms with Gasteiger partial charge in [-0.05, 0) is 52.6 Å². The average Bonchev–Trinajstić information content (AvgIpc) is 2.28. The van der Waals surface area contributed by atoms with Crippen LogP contribution in [-0.2, 0) is 9.53 Å². The van der Waals surface area contributed by atoms with Crippen LogP contribution in [0.15, 0.2) is 0 Å². The molecule has 1 fully saturated rings. The molecule has 1 aliphatic heterocycles. The van der Waals surface area contributed by atoms with Gasteiger partial charge in [0.15, 0.2) is 0 Å². The second-order valence-electron chi connectivity index (χ2n) is 5.30. The van der Waals surface area contributed by atoms with Crippen LogP contribution >= 0.6 is 0 Å². The molecule has 0 radical (unpaired) electrons. The van der Waals surface area contributed by atoms with Crippen LogP contribution in [0.5, 0.6) is 0 Å². The maximum atomic E-state index is 11.4. The Morgan fingerprint density at radius 1 is 1.44 bits per heavy atom. The van der Waals surface area contributed by atoms with Crippen LogP contribution in [0.2, 0.25) is 0 Å². The number of ether oxygens (including phenoxy) is 1. The number of rotatable bonds is 5. The number of methoxy groups -OCH3 is 1. The van der Waals surface area contributed by atoms with Gasteiger partial charge in [0.2, 0.25) is 0 Å². The van der Waals surface area contributed by atoms with Crippen LogP contribution < -0.4 is 5.32 Å². The Kier molecular flexibility index (Phi) is 4.33. The number of carboxylic acids is 1. The first-order chi connectivity index (χ1) is 7.42. The van der Waals surface area contributed by atoms with Gasteiger partial charge in [0.1, 0.15) is 0 Å². The highest BCUT2D eigenvalue weighted by Crippen LogP contribution is 2.36. The van der Waals surface area contributed by atoms with Crippen molar-refractivity contribution in [2.24, 2.45) is 5.41 Å². The normalized spacial score (nSPS) is 20.7. The van der Waals surface area contributed by atoms with E-state index in [1.54, 1.807) is 7.11 Å². The zero-order valence-corrected chi connectivity index (χ0v) is 10.5. The molecule has 0 spiro atoms. The maximum absolute atomic E-state index is 11.4. The molecule has 1 heterocycles. The Hall–Kier alpha value is -0.610. The molecule has 0 aromatic carbocycles. The first-order valence-corrected chi connectivity index (χ1v) is 5.91. The number of hydrogen-bond donors (Lipinski definition) is 2. The van der Waals surface area contributed by atoms with Gasteiger partial charge in [0.25, 0.3) is 0 Å². The van der Waals surface area contributed by atoms with Gasteiger partial charge in [-0.2, -0.15) is 0 Å². The summed E-state index contributed by atoms with van der Waals surface area (Å²) in [6, 6.07) is 0. The van der Waals surface area contributed by atoms with E-state index in [0.29, 0.717) is 6.42 Å². The smallest absolute Gasteiger partial charge is 0.309 e. The van der Waals surface area contributed by atoms with E-state index in [4.69, 9.17) is 4.74 Å². The van der Waals surface area contributed by atoms with Gasteiger partial charge < -0.3 is 15.2 Å². The first-order valence-electron chi connectivity index (χ1n) is 5.91. The molecule has 0 saturated carbocycles. The summed E-state index contributed by atoms with van der Waals surface area (Å²) in [4.78, 5) is 11.4. The van der Waals surface area contributed by atoms with E-state index in [-0.39, 0.29) is 5.60 Å². The molecule has 0 aromatic heterocycles. The van der Waals surface area contributed by atoms with Crippen LogP contribution in [0.1, 0.15) is 39.5 Å². The topological polar surface area (TPSA) is 58.6 Å². The highest BCUT2D eigenvalue weighted by atomic mass is 16.5. The van der Waals surface area contributed by atoms with E-state index in [0.717, 1.165) is 32.4 Å². The number of piperidine rings is 1. The lowest BCUT2D eigenvalue weighted by molar-refractivity contribution is -0.152. The van der Waals surface area contributed by atoms with Gasteiger partial charge in [-0.1, -0.05) is 0 Å². The summed E-state index contributed by atoms with van der Waals surface area (Å²) in [7, 11) is 1.68. The molecule has 2 N–H and O–H groups in total. The second kappa shape index (κ2) is 5.15. The van der Waals surface area contributed by atoms with Crippen molar-refractivity contribution in [3.8, 4) is 0 Å². The zero-order valence-electron chi connectivity index (χ0n) is 10.5. The predicted octanol–water partition coefficient (Wildman–Crippen LogP) is 1.65. The Bertz CT molecular complexity index is 245. The summed E-state index contributed by atoms with van der Waals surface area (Å²) in [5, 5.41) is 12.6. The summed E-state index contributed by atoms with van der Waals surface area (Å²) in [6.07, 6.45) is 2.94. The van der Waals surface area contributed by atoms with Gasteiger partial charge in [-0.25, -0.2) is 0 Å². The first kappa shape index (κ1) is 13.5. The van der Waals surface area contributed by atoms with Crippen LogP contribution in [0.25, 0.3) is 0 Å². The van der Waals surface area contributed by atoms with Crippen molar-refractivity contribution in [2.75, 3.05) is 20.2 Å². The molecule has 4 heteroatoms. The molecule has 0 aromatic rings. The number of aliphatic carboxylic acids is 1. The molecule has 1 rings (SSSR count). The molecule has 0 bridgehead atoms. The van der Waals surface area contributed by atoms with Crippen LogP contribution in [0.3, 0.4) is 0 Å². The average molecular weight is 229 g/mol. The Balaban J connectivity index is 2.61. The molecule has 0 unspecified atom stereocenters. The second-order valence-corrected chi connectivity index (χ2v) is 5.30. The fourth-order valence-corrected chi connectivity index (χ4v) is 2.12. The third-order valence-corrected chi connectivity index (χ3v) is 3.77. The summed E-state index contributed by atoms with van der Waals surface area (Å²) >= 11 is 0. The summed E-state index contributed by atoms with van der Waals surface area (Å²) in [5.74, 6) is -0.652. The number of carboxylic acid groups (broad SMARTS) is 1. The Morgan fingerprint density at radius 3 is 2.44 bits per heavy atom. The van der Waals surface area contributed by atoms with Crippen molar-refractivity contribution in [1.29, 1.82) is 0 Å². The van der Waals surface area contributed by atoms with Crippen LogP contribution in [0, 0.1) is 5.41 Å². The molecule has 0 amide bonds. The molecular formula is C12H23NO3. The number of hydrogen-bond acceptors (Lipinski definition) is 3. The van der Waals surface area contributed by atoms with Gasteiger partial charge in [0, 0.05) is 7.11 Å². The lowest BCUT2D eigenvalue weighted by Crippen LogP contribution is -2.43. The van der Waals surface area contributed by atoms with Crippen LogP contribution in [0.4, 0.5) is 0 Å². The molecule has 1 saturated heterocycles. The molecule has 1 aliphatic rings. The van der Waals surface area contributed by atoms with Gasteiger partial charge in [0.05, 0.1) is 11.0 Å². The maximum Gasteiger partial charge on any atom is 0.309 e. The van der Waals surface area contributed by atoms with E-state index < -0.39 is 11.4 Å². The van der Waals surface area contributed by atoms with Gasteiger partial charge in [-0.15, -0.1) is 0 Å². The van der Waals surface area contributed by atoms with Crippen molar-refractivity contribution < 1.29 is 14.6 Å². The van der Waals surface area contributed by atoms with E-state index >= 15 is 0 Å². The number of carbonyl (C=O) groups is 1. The Morgan fingerprint density at radius 2 is 2.00 bits per heavy atom. The third kappa shape index (κ3) is 3.19. The molecule has 16 heavy (non-hydrogen) atoms. The summed E-state index contributed by atoms with van der Waals surface area (Å²) < 4.78 is 5.34. The van der Waals surface area contributed by atoms with Gasteiger partial charge in [-0.3, -0.25) is 4.79 Å². The van der Waals surface area contributed by atoms with E-state index in [1.807, 2.05) is 13.8 Å². The fourth-order valence-electron chi connectivity index (χ4n) is 2.12. The van der Waals surface area contributed by atoms with Crippen molar-refractivity contribution in [3.63, 3.8) is 0 Å². The van der Waals surface area contributed by atoms with E-state index in [9.17, 15) is 9.90 Å². The minimum Gasteiger partial charge on any atom is -0.481 e. The molecular weight excluding hydrogens is 206 g/mol. The van der Waals surface area contributed by atoms with Crippen molar-refractivity contribution in [1.82, 2.24) is 5.32 Å². The molecule has 4 nitrogen and oxygen atoms in total. The zero-order chi connectivity index (χ0) is 12.2. The minimum atomic E-state index is -0.652. The highest BCUT2D eigenvalue weighted by molar-refractivity contribution is 5.74. The Labute approximate surface area is 97.4 Å². The lowest BCUT2D eigenvalue weighted by atomic mass is 9.73. The quantitative estimate of drug-likeness (QED) is 0.752. The lowest BCUT2D eigenvalue weighted by Gasteiger charge is -2.36. The monoisotopic (exact) mass is 229 g/mol. The summed E-state index contributed by atoms with van der Waals surface area (Å²) in [5.41, 5.74) is -0.769. The van der Waals surface area contributed by atoms with Crippen molar-refractivity contribution >= 4 is 5.97 Å². The third-order valence-electron chi connectivity index (χ3n) is 3.77. The number of nitrogens with one attached hydrogen (secondary N) is 1.